The van der Waals surface area contributed by atoms with Crippen LogP contribution >= 0.6 is 23.2 Å². The Morgan fingerprint density at radius 1 is 0.976 bits per heavy atom. The van der Waals surface area contributed by atoms with Crippen LogP contribution in [0.1, 0.15) is 38.7 Å². The van der Waals surface area contributed by atoms with Crippen molar-refractivity contribution in [2.75, 3.05) is 24.5 Å². The third-order valence-electron chi connectivity index (χ3n) is 6.51. The number of nitrogens with zero attached hydrogens (tertiary/aromatic N) is 2. The number of sulfonamides is 1. The summed E-state index contributed by atoms with van der Waals surface area (Å²) in [6, 6.07) is 18.7. The second-order valence-corrected chi connectivity index (χ2v) is 12.0. The molecular weight excluding hydrogens is 585 g/mol. The van der Waals surface area contributed by atoms with E-state index < -0.39 is 28.5 Å². The molecule has 0 aliphatic carbocycles. The highest BCUT2D eigenvalue weighted by molar-refractivity contribution is 7.92. The maximum absolute atomic E-state index is 14.1. The average Bonchev–Trinajstić information content (AvgIpc) is 2.98. The van der Waals surface area contributed by atoms with Crippen LogP contribution in [0.25, 0.3) is 0 Å². The molecule has 0 aromatic heterocycles. The molecule has 0 saturated carbocycles. The van der Waals surface area contributed by atoms with E-state index in [-0.39, 0.29) is 33.1 Å². The number of anilines is 1. The molecule has 1 atom stereocenters. The number of benzene rings is 3. The van der Waals surface area contributed by atoms with E-state index in [1.807, 2.05) is 19.9 Å². The van der Waals surface area contributed by atoms with Gasteiger partial charge in [-0.3, -0.25) is 13.9 Å². The van der Waals surface area contributed by atoms with Gasteiger partial charge in [0.2, 0.25) is 11.8 Å². The molecule has 2 amide bonds. The second kappa shape index (κ2) is 15.1. The molecule has 0 unspecified atom stereocenters. The van der Waals surface area contributed by atoms with Crippen LogP contribution in [0, 0.1) is 0 Å². The van der Waals surface area contributed by atoms with Gasteiger partial charge in [0.05, 0.1) is 27.7 Å². The van der Waals surface area contributed by atoms with E-state index in [1.54, 1.807) is 49.6 Å². The third kappa shape index (κ3) is 8.15. The van der Waals surface area contributed by atoms with E-state index in [9.17, 15) is 18.0 Å². The first-order valence-corrected chi connectivity index (χ1v) is 15.6. The van der Waals surface area contributed by atoms with Crippen LogP contribution in [-0.4, -0.2) is 51.4 Å². The zero-order chi connectivity index (χ0) is 30.0. The van der Waals surface area contributed by atoms with Gasteiger partial charge < -0.3 is 15.0 Å². The Bertz CT molecular complexity index is 1440. The molecule has 3 rings (SSSR count). The molecule has 0 fully saturated rings. The number of rotatable bonds is 14. The van der Waals surface area contributed by atoms with Gasteiger partial charge in [-0.15, -0.1) is 0 Å². The number of amides is 2. The minimum atomic E-state index is -4.25. The number of unbranched alkanes of at least 4 members (excludes halogenated alkanes) is 1. The first-order valence-electron chi connectivity index (χ1n) is 13.4. The predicted octanol–water partition coefficient (Wildman–Crippen LogP) is 5.92. The smallest absolute Gasteiger partial charge is 0.264 e. The van der Waals surface area contributed by atoms with Gasteiger partial charge in [-0.05, 0) is 54.8 Å². The summed E-state index contributed by atoms with van der Waals surface area (Å²) in [6.45, 7) is 3.74. The van der Waals surface area contributed by atoms with Crippen molar-refractivity contribution in [2.24, 2.45) is 0 Å². The molecule has 0 spiro atoms. The molecule has 0 saturated heterocycles. The first kappa shape index (κ1) is 32.2. The van der Waals surface area contributed by atoms with Crippen LogP contribution in [0.3, 0.4) is 0 Å². The lowest BCUT2D eigenvalue weighted by Crippen LogP contribution is -2.52. The summed E-state index contributed by atoms with van der Waals surface area (Å²) in [6.07, 6.45) is 2.01. The molecule has 1 N–H and O–H groups in total. The van der Waals surface area contributed by atoms with Gasteiger partial charge in [-0.25, -0.2) is 8.42 Å². The molecule has 220 valence electrons. The first-order chi connectivity index (χ1) is 19.6. The molecule has 3 aromatic rings. The lowest BCUT2D eigenvalue weighted by atomic mass is 10.1. The topological polar surface area (TPSA) is 96.0 Å². The van der Waals surface area contributed by atoms with Gasteiger partial charge in [-0.1, -0.05) is 79.9 Å². The van der Waals surface area contributed by atoms with Gasteiger partial charge in [0.15, 0.2) is 0 Å². The van der Waals surface area contributed by atoms with Gasteiger partial charge in [-0.2, -0.15) is 0 Å². The Labute approximate surface area is 252 Å². The molecule has 8 nitrogen and oxygen atoms in total. The number of hydrogen-bond donors (Lipinski definition) is 1. The summed E-state index contributed by atoms with van der Waals surface area (Å²) in [7, 11) is -2.71. The maximum atomic E-state index is 14.1. The molecule has 0 bridgehead atoms. The molecular formula is C30H35Cl2N3O5S. The van der Waals surface area contributed by atoms with Crippen LogP contribution < -0.4 is 14.4 Å². The van der Waals surface area contributed by atoms with Crippen molar-refractivity contribution in [3.05, 3.63) is 88.4 Å². The monoisotopic (exact) mass is 619 g/mol. The molecule has 0 radical (unpaired) electrons. The van der Waals surface area contributed by atoms with Crippen molar-refractivity contribution in [2.45, 2.75) is 50.6 Å². The van der Waals surface area contributed by atoms with Crippen molar-refractivity contribution in [3.63, 3.8) is 0 Å². The quantitative estimate of drug-likeness (QED) is 0.226. The van der Waals surface area contributed by atoms with Gasteiger partial charge in [0.1, 0.15) is 18.3 Å². The summed E-state index contributed by atoms with van der Waals surface area (Å²) in [4.78, 5) is 28.8. The number of methoxy groups -OCH3 is 1. The lowest BCUT2D eigenvalue weighted by Gasteiger charge is -2.33. The zero-order valence-corrected chi connectivity index (χ0v) is 25.7. The van der Waals surface area contributed by atoms with Crippen LogP contribution in [0.15, 0.2) is 77.7 Å². The van der Waals surface area contributed by atoms with E-state index in [0.717, 1.165) is 22.7 Å². The number of hydrogen-bond acceptors (Lipinski definition) is 5. The normalized spacial score (nSPS) is 11.9. The van der Waals surface area contributed by atoms with E-state index in [1.165, 1.54) is 29.2 Å². The van der Waals surface area contributed by atoms with Crippen molar-refractivity contribution in [1.29, 1.82) is 0 Å². The Morgan fingerprint density at radius 3 is 2.34 bits per heavy atom. The third-order valence-corrected chi connectivity index (χ3v) is 9.10. The van der Waals surface area contributed by atoms with Gasteiger partial charge in [0, 0.05) is 13.1 Å². The highest BCUT2D eigenvalue weighted by atomic mass is 35.5. The summed E-state index contributed by atoms with van der Waals surface area (Å²) in [5.41, 5.74) is 0.772. The van der Waals surface area contributed by atoms with E-state index >= 15 is 0 Å². The van der Waals surface area contributed by atoms with Crippen molar-refractivity contribution >= 4 is 50.7 Å². The summed E-state index contributed by atoms with van der Waals surface area (Å²) >= 11 is 12.7. The second-order valence-electron chi connectivity index (χ2n) is 9.34. The number of carbonyl (C=O) groups excluding carboxylic acids is 2. The largest absolute Gasteiger partial charge is 0.497 e. The molecule has 0 heterocycles. The Hall–Kier alpha value is -3.27. The minimum absolute atomic E-state index is 0.00910. The molecule has 3 aromatic carbocycles. The Kier molecular flexibility index (Phi) is 11.9. The molecule has 41 heavy (non-hydrogen) atoms. The number of carbonyl (C=O) groups is 2. The number of halogens is 2. The Balaban J connectivity index is 2.07. The fourth-order valence-electron chi connectivity index (χ4n) is 4.31. The fraction of sp³-hybridized carbons (Fsp3) is 0.333. The fourth-order valence-corrected chi connectivity index (χ4v) is 6.21. The van der Waals surface area contributed by atoms with Crippen LogP contribution in [-0.2, 0) is 26.2 Å². The van der Waals surface area contributed by atoms with Crippen LogP contribution in [0.2, 0.25) is 10.0 Å². The summed E-state index contributed by atoms with van der Waals surface area (Å²) in [5.74, 6) is -0.300. The van der Waals surface area contributed by atoms with Crippen LogP contribution in [0.4, 0.5) is 5.69 Å². The zero-order valence-electron chi connectivity index (χ0n) is 23.3. The Morgan fingerprint density at radius 2 is 1.68 bits per heavy atom. The van der Waals surface area contributed by atoms with E-state index in [0.29, 0.717) is 18.7 Å². The van der Waals surface area contributed by atoms with E-state index in [2.05, 4.69) is 5.32 Å². The van der Waals surface area contributed by atoms with Crippen molar-refractivity contribution < 1.29 is 22.7 Å². The standard InChI is InChI=1S/C30H35Cl2N3O5S/c1-4-6-18-33-30(37)26(5-2)34(20-22-12-10-13-23(19-22)40-3)28(36)21-35(27-17-11-16-25(31)29(27)32)41(38,39)24-14-8-7-9-15-24/h7-17,19,26H,4-6,18,20-21H2,1-3H3,(H,33,37)/t26-/m1/s1. The maximum Gasteiger partial charge on any atom is 0.264 e. The molecule has 0 aliphatic rings. The highest BCUT2D eigenvalue weighted by Gasteiger charge is 2.34. The van der Waals surface area contributed by atoms with E-state index in [4.69, 9.17) is 27.9 Å². The highest BCUT2D eigenvalue weighted by Crippen LogP contribution is 2.35. The van der Waals surface area contributed by atoms with Crippen LogP contribution in [0.5, 0.6) is 5.75 Å². The number of ether oxygens (including phenoxy) is 1. The van der Waals surface area contributed by atoms with Gasteiger partial charge >= 0.3 is 0 Å². The molecule has 0 aliphatic heterocycles. The van der Waals surface area contributed by atoms with Gasteiger partial charge in [0.25, 0.3) is 10.0 Å². The number of nitrogens with one attached hydrogen (secondary N) is 1. The summed E-state index contributed by atoms with van der Waals surface area (Å²) < 4.78 is 34.1. The predicted molar refractivity (Wildman–Crippen MR) is 163 cm³/mol. The minimum Gasteiger partial charge on any atom is -0.497 e. The summed E-state index contributed by atoms with van der Waals surface area (Å²) in [5, 5.41) is 3.04. The lowest BCUT2D eigenvalue weighted by molar-refractivity contribution is -0.140. The van der Waals surface area contributed by atoms with Crippen molar-refractivity contribution in [1.82, 2.24) is 10.2 Å². The van der Waals surface area contributed by atoms with Crippen molar-refractivity contribution in [3.8, 4) is 5.75 Å². The average molecular weight is 621 g/mol. The SMILES string of the molecule is CCCCNC(=O)[C@@H](CC)N(Cc1cccc(OC)c1)C(=O)CN(c1cccc(Cl)c1Cl)S(=O)(=O)c1ccccc1. The molecule has 11 heteroatoms.